The number of imidazole rings is 1. The highest BCUT2D eigenvalue weighted by atomic mass is 16.6. The monoisotopic (exact) mass is 344 g/mol. The lowest BCUT2D eigenvalue weighted by Gasteiger charge is -2.28. The van der Waals surface area contributed by atoms with Gasteiger partial charge in [0.2, 0.25) is 0 Å². The van der Waals surface area contributed by atoms with E-state index in [9.17, 15) is 10.1 Å². The second-order valence-corrected chi connectivity index (χ2v) is 6.49. The van der Waals surface area contributed by atoms with Gasteiger partial charge in [0.1, 0.15) is 5.82 Å². The molecule has 0 aliphatic carbocycles. The number of ether oxygens (including phenoxy) is 1. The largest absolute Gasteiger partial charge is 0.487 e. The predicted octanol–water partition coefficient (Wildman–Crippen LogP) is 3.16. The molecule has 0 fully saturated rings. The van der Waals surface area contributed by atoms with Crippen LogP contribution in [0.2, 0.25) is 0 Å². The highest BCUT2D eigenvalue weighted by Crippen LogP contribution is 2.30. The van der Waals surface area contributed by atoms with Gasteiger partial charge in [0.05, 0.1) is 17.2 Å². The molecule has 0 unspecified atom stereocenters. The first kappa shape index (κ1) is 17.4. The number of aromatic nitrogens is 2. The average Bonchev–Trinajstić information content (AvgIpc) is 2.94. The van der Waals surface area contributed by atoms with Crippen molar-refractivity contribution in [2.45, 2.75) is 52.2 Å². The fraction of sp³-hybridized carbons (Fsp3) is 0.500. The quantitative estimate of drug-likeness (QED) is 0.643. The van der Waals surface area contributed by atoms with Gasteiger partial charge >= 0.3 is 5.69 Å². The van der Waals surface area contributed by atoms with E-state index in [1.807, 2.05) is 26.8 Å². The average molecular weight is 344 g/mol. The number of nitrogens with zero attached hydrogens (tertiary/aromatic N) is 3. The Bertz CT molecular complexity index is 772. The molecule has 1 aliphatic heterocycles. The molecular weight excluding hydrogens is 320 g/mol. The van der Waals surface area contributed by atoms with Crippen LogP contribution in [0.25, 0.3) is 0 Å². The molecule has 1 aromatic heterocycles. The zero-order valence-corrected chi connectivity index (χ0v) is 14.9. The zero-order valence-electron chi connectivity index (χ0n) is 14.9. The van der Waals surface area contributed by atoms with Gasteiger partial charge in [-0.05, 0) is 38.8 Å². The molecule has 134 valence electrons. The Morgan fingerprint density at radius 3 is 3.04 bits per heavy atom. The van der Waals surface area contributed by atoms with Crippen LogP contribution in [0.4, 0.5) is 5.69 Å². The molecule has 0 saturated heterocycles. The number of benzene rings is 1. The topological polar surface area (TPSA) is 82.2 Å². The summed E-state index contributed by atoms with van der Waals surface area (Å²) in [5.74, 6) is 1.46. The van der Waals surface area contributed by atoms with Crippen molar-refractivity contribution in [3.05, 3.63) is 51.6 Å². The third kappa shape index (κ3) is 3.82. The van der Waals surface area contributed by atoms with Crippen molar-refractivity contribution >= 4 is 5.69 Å². The smallest absolute Gasteiger partial charge is 0.311 e. The van der Waals surface area contributed by atoms with Gasteiger partial charge in [0.25, 0.3) is 0 Å². The minimum Gasteiger partial charge on any atom is -0.487 e. The van der Waals surface area contributed by atoms with Crippen LogP contribution in [-0.4, -0.2) is 27.1 Å². The molecule has 0 saturated carbocycles. The first-order chi connectivity index (χ1) is 12.0. The SMILES string of the molecule is CCOc1ccc([C@@H](C)N[C@@H]2CCc3nc(C)cn3C2)cc1[N+](=O)[O-]. The van der Waals surface area contributed by atoms with Gasteiger partial charge in [-0.25, -0.2) is 4.98 Å². The summed E-state index contributed by atoms with van der Waals surface area (Å²) < 4.78 is 7.55. The summed E-state index contributed by atoms with van der Waals surface area (Å²) in [5.41, 5.74) is 1.96. The van der Waals surface area contributed by atoms with Crippen molar-refractivity contribution in [1.29, 1.82) is 0 Å². The Kier molecular flexibility index (Phi) is 5.03. The number of rotatable bonds is 6. The van der Waals surface area contributed by atoms with E-state index in [0.717, 1.165) is 36.5 Å². The van der Waals surface area contributed by atoms with Crippen LogP contribution in [0.1, 0.15) is 43.4 Å². The van der Waals surface area contributed by atoms with E-state index in [1.54, 1.807) is 12.1 Å². The van der Waals surface area contributed by atoms with Gasteiger partial charge in [-0.3, -0.25) is 10.1 Å². The van der Waals surface area contributed by atoms with E-state index in [4.69, 9.17) is 4.74 Å². The van der Waals surface area contributed by atoms with Gasteiger partial charge in [0, 0.05) is 37.3 Å². The van der Waals surface area contributed by atoms with E-state index in [1.165, 1.54) is 0 Å². The molecule has 1 aromatic carbocycles. The van der Waals surface area contributed by atoms with Crippen molar-refractivity contribution in [3.63, 3.8) is 0 Å². The number of hydrogen-bond acceptors (Lipinski definition) is 5. The molecule has 1 N–H and O–H groups in total. The molecule has 0 bridgehead atoms. The lowest BCUT2D eigenvalue weighted by atomic mass is 10.0. The molecule has 0 radical (unpaired) electrons. The summed E-state index contributed by atoms with van der Waals surface area (Å²) in [6, 6.07) is 5.53. The van der Waals surface area contributed by atoms with Gasteiger partial charge in [-0.15, -0.1) is 0 Å². The maximum absolute atomic E-state index is 11.3. The second-order valence-electron chi connectivity index (χ2n) is 6.49. The minimum atomic E-state index is -0.387. The van der Waals surface area contributed by atoms with Crippen LogP contribution in [0.5, 0.6) is 5.75 Å². The fourth-order valence-electron chi connectivity index (χ4n) is 3.40. The van der Waals surface area contributed by atoms with Crippen LogP contribution in [0, 0.1) is 17.0 Å². The predicted molar refractivity (Wildman–Crippen MR) is 94.9 cm³/mol. The summed E-state index contributed by atoms with van der Waals surface area (Å²) in [7, 11) is 0. The van der Waals surface area contributed by atoms with Crippen molar-refractivity contribution in [3.8, 4) is 5.75 Å². The van der Waals surface area contributed by atoms with Crippen molar-refractivity contribution < 1.29 is 9.66 Å². The molecule has 3 rings (SSSR count). The number of fused-ring (bicyclic) bond motifs is 1. The Labute approximate surface area is 147 Å². The number of aryl methyl sites for hydroxylation is 2. The Hall–Kier alpha value is -2.41. The van der Waals surface area contributed by atoms with Crippen LogP contribution in [-0.2, 0) is 13.0 Å². The summed E-state index contributed by atoms with van der Waals surface area (Å²) in [6.45, 7) is 7.14. The van der Waals surface area contributed by atoms with Crippen LogP contribution >= 0.6 is 0 Å². The zero-order chi connectivity index (χ0) is 18.0. The summed E-state index contributed by atoms with van der Waals surface area (Å²) in [5, 5.41) is 14.9. The third-order valence-electron chi connectivity index (χ3n) is 4.58. The molecular formula is C18H24N4O3. The van der Waals surface area contributed by atoms with Crippen LogP contribution in [0.15, 0.2) is 24.4 Å². The molecule has 7 heteroatoms. The number of nitro benzene ring substituents is 1. The van der Waals surface area contributed by atoms with E-state index >= 15 is 0 Å². The molecule has 25 heavy (non-hydrogen) atoms. The molecule has 1 aliphatic rings. The van der Waals surface area contributed by atoms with Gasteiger partial charge < -0.3 is 14.6 Å². The molecule has 2 atom stereocenters. The van der Waals surface area contributed by atoms with Crippen molar-refractivity contribution in [1.82, 2.24) is 14.9 Å². The fourth-order valence-corrected chi connectivity index (χ4v) is 3.40. The Balaban J connectivity index is 1.72. The van der Waals surface area contributed by atoms with Crippen molar-refractivity contribution in [2.75, 3.05) is 6.61 Å². The molecule has 2 heterocycles. The summed E-state index contributed by atoms with van der Waals surface area (Å²) >= 11 is 0. The molecule has 0 amide bonds. The Morgan fingerprint density at radius 1 is 1.52 bits per heavy atom. The Morgan fingerprint density at radius 2 is 2.32 bits per heavy atom. The molecule has 2 aromatic rings. The number of nitro groups is 1. The van der Waals surface area contributed by atoms with E-state index < -0.39 is 0 Å². The van der Waals surface area contributed by atoms with E-state index in [2.05, 4.69) is 21.1 Å². The highest BCUT2D eigenvalue weighted by Gasteiger charge is 2.23. The second kappa shape index (κ2) is 7.23. The third-order valence-corrected chi connectivity index (χ3v) is 4.58. The maximum atomic E-state index is 11.3. The summed E-state index contributed by atoms with van der Waals surface area (Å²) in [6.07, 6.45) is 4.04. The van der Waals surface area contributed by atoms with Crippen LogP contribution in [0.3, 0.4) is 0 Å². The molecule has 0 spiro atoms. The standard InChI is InChI=1S/C18H24N4O3/c1-4-25-17-7-5-14(9-16(17)22(23)24)13(3)20-15-6-8-18-19-12(2)10-21(18)11-15/h5,7,9-10,13,15,20H,4,6,8,11H2,1-3H3/t13-,15-/m1/s1. The van der Waals surface area contributed by atoms with E-state index in [0.29, 0.717) is 18.4 Å². The van der Waals surface area contributed by atoms with Gasteiger partial charge in [-0.2, -0.15) is 0 Å². The lowest BCUT2D eigenvalue weighted by Crippen LogP contribution is -2.38. The highest BCUT2D eigenvalue weighted by molar-refractivity contribution is 5.49. The van der Waals surface area contributed by atoms with Crippen LogP contribution < -0.4 is 10.1 Å². The minimum absolute atomic E-state index is 0.0177. The van der Waals surface area contributed by atoms with Gasteiger partial charge in [-0.1, -0.05) is 6.07 Å². The number of nitrogens with one attached hydrogen (secondary N) is 1. The lowest BCUT2D eigenvalue weighted by molar-refractivity contribution is -0.385. The normalized spacial score (nSPS) is 17.8. The van der Waals surface area contributed by atoms with Gasteiger partial charge in [0.15, 0.2) is 5.75 Å². The maximum Gasteiger partial charge on any atom is 0.311 e. The first-order valence-corrected chi connectivity index (χ1v) is 8.67. The van der Waals surface area contributed by atoms with Crippen molar-refractivity contribution in [2.24, 2.45) is 0 Å². The number of hydrogen-bond donors (Lipinski definition) is 1. The summed E-state index contributed by atoms with van der Waals surface area (Å²) in [4.78, 5) is 15.4. The first-order valence-electron chi connectivity index (χ1n) is 8.67. The van der Waals surface area contributed by atoms with E-state index in [-0.39, 0.29) is 16.7 Å². The molecule has 7 nitrogen and oxygen atoms in total.